The maximum Gasteiger partial charge on any atom is 0.469 e. The first-order valence-electron chi connectivity index (χ1n) is 2.78. The smallest absolute Gasteiger partial charge is 0.303 e. The summed E-state index contributed by atoms with van der Waals surface area (Å²) < 4.78 is 14.1. The second-order valence-electron chi connectivity index (χ2n) is 1.85. The largest absolute Gasteiger partial charge is 0.469 e. The number of aldehydes is 1. The van der Waals surface area contributed by atoms with Crippen LogP contribution in [0.15, 0.2) is 11.6 Å². The molecule has 0 heterocycles. The predicted octanol–water partition coefficient (Wildman–Crippen LogP) is 0.241. The van der Waals surface area contributed by atoms with Crippen LogP contribution in [-0.2, 0) is 13.9 Å². The summed E-state index contributed by atoms with van der Waals surface area (Å²) in [5.74, 6) is 0. The molecule has 0 bridgehead atoms. The average Bonchev–Trinajstić information content (AvgIpc) is 1.85. The second-order valence-corrected chi connectivity index (χ2v) is 3.09. The molecule has 0 saturated heterocycles. The van der Waals surface area contributed by atoms with Gasteiger partial charge in [0.2, 0.25) is 0 Å². The molecule has 0 aliphatic rings. The highest BCUT2D eigenvalue weighted by Gasteiger charge is 2.11. The Bertz CT molecular complexity index is 203. The standard InChI is InChI=1S/C5H9O5P/c1-5(4-6)2-3-10-11(7,8)9/h2,4H,3H2,1H3,(H2,7,8,9)/b5-2+. The Morgan fingerprint density at radius 1 is 1.64 bits per heavy atom. The highest BCUT2D eigenvalue weighted by atomic mass is 31.2. The Morgan fingerprint density at radius 3 is 2.55 bits per heavy atom. The molecule has 64 valence electrons. The van der Waals surface area contributed by atoms with Crippen molar-refractivity contribution in [3.63, 3.8) is 0 Å². The van der Waals surface area contributed by atoms with Crippen molar-refractivity contribution in [1.82, 2.24) is 0 Å². The summed E-state index contributed by atoms with van der Waals surface area (Å²) in [6, 6.07) is 0. The van der Waals surface area contributed by atoms with Crippen molar-refractivity contribution in [3.8, 4) is 0 Å². The molecule has 2 N–H and O–H groups in total. The Kier molecular flexibility index (Phi) is 4.22. The van der Waals surface area contributed by atoms with E-state index in [9.17, 15) is 9.36 Å². The van der Waals surface area contributed by atoms with Crippen molar-refractivity contribution in [2.75, 3.05) is 6.61 Å². The van der Waals surface area contributed by atoms with Crippen LogP contribution < -0.4 is 0 Å². The number of phosphoric ester groups is 1. The molecule has 0 aliphatic heterocycles. The van der Waals surface area contributed by atoms with Crippen LogP contribution >= 0.6 is 7.82 Å². The maximum atomic E-state index is 10.1. The van der Waals surface area contributed by atoms with Crippen molar-refractivity contribution >= 4 is 14.1 Å². The number of carbonyl (C=O) groups excluding carboxylic acids is 1. The van der Waals surface area contributed by atoms with E-state index in [1.807, 2.05) is 0 Å². The molecule has 0 atom stereocenters. The summed E-state index contributed by atoms with van der Waals surface area (Å²) in [5, 5.41) is 0. The van der Waals surface area contributed by atoms with E-state index in [0.29, 0.717) is 11.9 Å². The zero-order chi connectivity index (χ0) is 8.91. The van der Waals surface area contributed by atoms with E-state index in [1.165, 1.54) is 13.0 Å². The van der Waals surface area contributed by atoms with Gasteiger partial charge in [0.25, 0.3) is 0 Å². The lowest BCUT2D eigenvalue weighted by molar-refractivity contribution is -0.104. The van der Waals surface area contributed by atoms with Crippen molar-refractivity contribution < 1.29 is 23.7 Å². The Balaban J connectivity index is 3.74. The van der Waals surface area contributed by atoms with Crippen LogP contribution in [0.2, 0.25) is 0 Å². The third-order valence-electron chi connectivity index (χ3n) is 0.834. The number of rotatable bonds is 4. The van der Waals surface area contributed by atoms with Gasteiger partial charge in [0.15, 0.2) is 0 Å². The zero-order valence-electron chi connectivity index (χ0n) is 5.93. The van der Waals surface area contributed by atoms with Gasteiger partial charge in [-0.1, -0.05) is 6.08 Å². The van der Waals surface area contributed by atoms with E-state index < -0.39 is 7.82 Å². The molecule has 0 aromatic heterocycles. The quantitative estimate of drug-likeness (QED) is 0.367. The molecule has 11 heavy (non-hydrogen) atoms. The Hall–Kier alpha value is -0.480. The van der Waals surface area contributed by atoms with Crippen LogP contribution in [0.4, 0.5) is 0 Å². The van der Waals surface area contributed by atoms with Crippen molar-refractivity contribution in [1.29, 1.82) is 0 Å². The molecule has 0 aromatic carbocycles. The minimum atomic E-state index is -4.39. The van der Waals surface area contributed by atoms with Gasteiger partial charge >= 0.3 is 7.82 Å². The van der Waals surface area contributed by atoms with Crippen molar-refractivity contribution in [2.45, 2.75) is 6.92 Å². The molecule has 6 heteroatoms. The molecular weight excluding hydrogens is 171 g/mol. The number of carbonyl (C=O) groups is 1. The predicted molar refractivity (Wildman–Crippen MR) is 37.8 cm³/mol. The lowest BCUT2D eigenvalue weighted by Crippen LogP contribution is -1.89. The minimum absolute atomic E-state index is 0.255. The highest BCUT2D eigenvalue weighted by Crippen LogP contribution is 2.35. The summed E-state index contributed by atoms with van der Waals surface area (Å²) in [7, 11) is -4.39. The van der Waals surface area contributed by atoms with Gasteiger partial charge in [-0.15, -0.1) is 0 Å². The molecule has 0 amide bonds. The first-order chi connectivity index (χ1) is 4.95. The number of hydrogen-bond acceptors (Lipinski definition) is 3. The average molecular weight is 180 g/mol. The van der Waals surface area contributed by atoms with Crippen molar-refractivity contribution in [2.24, 2.45) is 0 Å². The molecule has 5 nitrogen and oxygen atoms in total. The second kappa shape index (κ2) is 4.41. The van der Waals surface area contributed by atoms with Gasteiger partial charge in [0, 0.05) is 0 Å². The van der Waals surface area contributed by atoms with E-state index in [4.69, 9.17) is 9.79 Å². The van der Waals surface area contributed by atoms with Gasteiger partial charge in [-0.05, 0) is 12.5 Å². The fraction of sp³-hybridized carbons (Fsp3) is 0.400. The summed E-state index contributed by atoms with van der Waals surface area (Å²) in [4.78, 5) is 26.3. The van der Waals surface area contributed by atoms with Crippen LogP contribution in [0.25, 0.3) is 0 Å². The Labute approximate surface area is 63.9 Å². The fourth-order valence-electron chi connectivity index (χ4n) is 0.314. The zero-order valence-corrected chi connectivity index (χ0v) is 6.82. The number of allylic oxidation sites excluding steroid dienone is 1. The van der Waals surface area contributed by atoms with Crippen LogP contribution in [0, 0.1) is 0 Å². The van der Waals surface area contributed by atoms with Gasteiger partial charge < -0.3 is 9.79 Å². The third-order valence-corrected chi connectivity index (χ3v) is 1.32. The van der Waals surface area contributed by atoms with Gasteiger partial charge in [0.05, 0.1) is 6.61 Å². The van der Waals surface area contributed by atoms with Gasteiger partial charge in [0.1, 0.15) is 6.29 Å². The van der Waals surface area contributed by atoms with Crippen LogP contribution in [0.3, 0.4) is 0 Å². The van der Waals surface area contributed by atoms with Crippen LogP contribution in [0.5, 0.6) is 0 Å². The molecule has 0 aliphatic carbocycles. The highest BCUT2D eigenvalue weighted by molar-refractivity contribution is 7.46. The molecule has 0 radical (unpaired) electrons. The molecule has 0 saturated carbocycles. The molecule has 0 aromatic rings. The maximum absolute atomic E-state index is 10.1. The lowest BCUT2D eigenvalue weighted by atomic mass is 10.3. The lowest BCUT2D eigenvalue weighted by Gasteiger charge is -2.00. The van der Waals surface area contributed by atoms with Gasteiger partial charge in [-0.3, -0.25) is 9.32 Å². The Morgan fingerprint density at radius 2 is 2.18 bits per heavy atom. The fourth-order valence-corrected chi connectivity index (χ4v) is 0.583. The van der Waals surface area contributed by atoms with E-state index in [-0.39, 0.29) is 6.61 Å². The minimum Gasteiger partial charge on any atom is -0.303 e. The molecule has 0 rings (SSSR count). The monoisotopic (exact) mass is 180 g/mol. The van der Waals surface area contributed by atoms with E-state index in [1.54, 1.807) is 0 Å². The molecule has 0 spiro atoms. The van der Waals surface area contributed by atoms with E-state index in [2.05, 4.69) is 4.52 Å². The van der Waals surface area contributed by atoms with Crippen LogP contribution in [-0.4, -0.2) is 22.7 Å². The summed E-state index contributed by atoms with van der Waals surface area (Å²) >= 11 is 0. The normalized spacial score (nSPS) is 13.2. The molecule has 0 unspecified atom stereocenters. The van der Waals surface area contributed by atoms with Gasteiger partial charge in [-0.2, -0.15) is 0 Å². The summed E-state index contributed by atoms with van der Waals surface area (Å²) in [6.07, 6.45) is 1.86. The first-order valence-corrected chi connectivity index (χ1v) is 4.31. The molecule has 0 fully saturated rings. The van der Waals surface area contributed by atoms with Gasteiger partial charge in [-0.25, -0.2) is 4.57 Å². The van der Waals surface area contributed by atoms with E-state index >= 15 is 0 Å². The first kappa shape index (κ1) is 10.5. The number of phosphoric acid groups is 1. The molecular formula is C5H9O5P. The van der Waals surface area contributed by atoms with E-state index in [0.717, 1.165) is 0 Å². The van der Waals surface area contributed by atoms with Crippen molar-refractivity contribution in [3.05, 3.63) is 11.6 Å². The summed E-state index contributed by atoms with van der Waals surface area (Å²) in [5.41, 5.74) is 0.374. The van der Waals surface area contributed by atoms with Crippen LogP contribution in [0.1, 0.15) is 6.92 Å². The summed E-state index contributed by atoms with van der Waals surface area (Å²) in [6.45, 7) is 1.25. The SMILES string of the molecule is C/C(C=O)=C\COP(=O)(O)O. The topological polar surface area (TPSA) is 83.8 Å². The number of hydrogen-bond donors (Lipinski definition) is 2. The third kappa shape index (κ3) is 7.42.